The van der Waals surface area contributed by atoms with Crippen molar-refractivity contribution in [1.29, 1.82) is 0 Å². The van der Waals surface area contributed by atoms with Crippen LogP contribution in [0.15, 0.2) is 66.9 Å². The van der Waals surface area contributed by atoms with E-state index >= 15 is 0 Å². The lowest BCUT2D eigenvalue weighted by molar-refractivity contribution is -0.274. The topological polar surface area (TPSA) is 71.0 Å². The van der Waals surface area contributed by atoms with Crippen molar-refractivity contribution in [2.75, 3.05) is 45.8 Å². The van der Waals surface area contributed by atoms with Crippen molar-refractivity contribution in [1.82, 2.24) is 25.0 Å². The first kappa shape index (κ1) is 37.8. The lowest BCUT2D eigenvalue weighted by atomic mass is 10.0. The Labute approximate surface area is 301 Å². The minimum atomic E-state index is -4.75. The van der Waals surface area contributed by atoms with E-state index in [4.69, 9.17) is 27.9 Å². The van der Waals surface area contributed by atoms with E-state index in [0.29, 0.717) is 29.7 Å². The number of aryl methyl sites for hydroxylation is 1. The van der Waals surface area contributed by atoms with E-state index in [1.807, 2.05) is 39.0 Å². The van der Waals surface area contributed by atoms with Crippen LogP contribution in [0.25, 0.3) is 22.0 Å². The Bertz CT molecular complexity index is 1710. The van der Waals surface area contributed by atoms with Gasteiger partial charge in [0.1, 0.15) is 11.4 Å². The van der Waals surface area contributed by atoms with Crippen molar-refractivity contribution in [2.24, 2.45) is 0 Å². The normalized spacial score (nSPS) is 14.6. The van der Waals surface area contributed by atoms with Gasteiger partial charge < -0.3 is 24.7 Å². The molecule has 1 fully saturated rings. The summed E-state index contributed by atoms with van der Waals surface area (Å²) < 4.78 is 50.0. The maximum absolute atomic E-state index is 12.8. The number of hydrogen-bond acceptors (Lipinski definition) is 6. The number of benzene rings is 3. The molecule has 13 heteroatoms. The number of rotatable bonds is 13. The van der Waals surface area contributed by atoms with Crippen LogP contribution in [0.2, 0.25) is 10.0 Å². The summed E-state index contributed by atoms with van der Waals surface area (Å²) in [6.45, 7) is 13.1. The molecule has 1 amide bonds. The van der Waals surface area contributed by atoms with Gasteiger partial charge in [0.2, 0.25) is 0 Å². The van der Waals surface area contributed by atoms with Gasteiger partial charge in [-0.1, -0.05) is 47.5 Å². The number of fused-ring (bicyclic) bond motifs is 1. The Morgan fingerprint density at radius 1 is 0.860 bits per heavy atom. The number of hydrogen-bond donors (Lipinski definition) is 2. The zero-order valence-corrected chi connectivity index (χ0v) is 30.1. The van der Waals surface area contributed by atoms with Gasteiger partial charge >= 0.3 is 12.5 Å². The Hall–Kier alpha value is -3.48. The number of amides is 1. The molecule has 50 heavy (non-hydrogen) atoms. The average molecular weight is 735 g/mol. The second kappa shape index (κ2) is 16.7. The molecule has 8 nitrogen and oxygen atoms in total. The average Bonchev–Trinajstić information content (AvgIpc) is 3.39. The highest BCUT2D eigenvalue weighted by Gasteiger charge is 2.31. The molecule has 3 aromatic carbocycles. The SMILES string of the molecule is CC(C)(C)OC(=O)NCCNCCCn1cc(-c2ccc(OC(F)(F)F)cc2)c2cc(CN3CCN(Cc4c(Cl)cccc4Cl)CC3)ccc21. The van der Waals surface area contributed by atoms with Gasteiger partial charge in [0.15, 0.2) is 0 Å². The highest BCUT2D eigenvalue weighted by molar-refractivity contribution is 6.35. The van der Waals surface area contributed by atoms with E-state index < -0.39 is 18.1 Å². The molecule has 270 valence electrons. The van der Waals surface area contributed by atoms with Crippen LogP contribution in [0.4, 0.5) is 18.0 Å². The van der Waals surface area contributed by atoms with Crippen molar-refractivity contribution in [3.63, 3.8) is 0 Å². The predicted octanol–water partition coefficient (Wildman–Crippen LogP) is 8.34. The molecular formula is C37H44Cl2F3N5O3. The summed E-state index contributed by atoms with van der Waals surface area (Å²) >= 11 is 12.8. The third-order valence-corrected chi connectivity index (χ3v) is 9.09. The van der Waals surface area contributed by atoms with E-state index in [9.17, 15) is 18.0 Å². The standard InChI is InChI=1S/C37H44Cl2F3N5O3/c1-36(2,3)50-35(48)44-16-15-43-14-5-17-47-25-30(27-9-11-28(12-10-27)49-37(40,41)42)29-22-26(8-13-34(29)47)23-45-18-20-46(21-19-45)24-31-32(38)6-4-7-33(31)39/h4,6-13,22,25,43H,5,14-21,23-24H2,1-3H3,(H,44,48). The van der Waals surface area contributed by atoms with Gasteiger partial charge in [0.25, 0.3) is 0 Å². The summed E-state index contributed by atoms with van der Waals surface area (Å²) in [6, 6.07) is 18.1. The Morgan fingerprint density at radius 2 is 1.52 bits per heavy atom. The fourth-order valence-electron chi connectivity index (χ4n) is 6.03. The molecular weight excluding hydrogens is 690 g/mol. The lowest BCUT2D eigenvalue weighted by Crippen LogP contribution is -2.45. The van der Waals surface area contributed by atoms with Crippen LogP contribution in [0.5, 0.6) is 5.75 Å². The largest absolute Gasteiger partial charge is 0.573 e. The molecule has 0 spiro atoms. The van der Waals surface area contributed by atoms with Crippen LogP contribution in [0, 0.1) is 0 Å². The van der Waals surface area contributed by atoms with Gasteiger partial charge in [0.05, 0.1) is 0 Å². The molecule has 0 bridgehead atoms. The third kappa shape index (κ3) is 11.0. The summed E-state index contributed by atoms with van der Waals surface area (Å²) in [5.41, 5.74) is 4.37. The molecule has 4 aromatic rings. The number of carbonyl (C=O) groups is 1. The smallest absolute Gasteiger partial charge is 0.444 e. The molecule has 0 unspecified atom stereocenters. The molecule has 2 heterocycles. The first-order valence-electron chi connectivity index (χ1n) is 16.8. The number of nitrogens with one attached hydrogen (secondary N) is 2. The lowest BCUT2D eigenvalue weighted by Gasteiger charge is -2.35. The van der Waals surface area contributed by atoms with Crippen LogP contribution in [0.3, 0.4) is 0 Å². The molecule has 1 aliphatic rings. The van der Waals surface area contributed by atoms with Crippen LogP contribution in [-0.4, -0.2) is 78.2 Å². The highest BCUT2D eigenvalue weighted by Crippen LogP contribution is 2.34. The summed E-state index contributed by atoms with van der Waals surface area (Å²) in [5, 5.41) is 8.50. The molecule has 1 saturated heterocycles. The molecule has 5 rings (SSSR count). The van der Waals surface area contributed by atoms with Crippen molar-refractivity contribution < 1.29 is 27.4 Å². The van der Waals surface area contributed by atoms with Gasteiger partial charge in [-0.05, 0) is 81.3 Å². The molecule has 2 N–H and O–H groups in total. The maximum atomic E-state index is 12.8. The minimum absolute atomic E-state index is 0.256. The van der Waals surface area contributed by atoms with E-state index in [0.717, 1.165) is 85.4 Å². The third-order valence-electron chi connectivity index (χ3n) is 8.38. The minimum Gasteiger partial charge on any atom is -0.444 e. The van der Waals surface area contributed by atoms with Gasteiger partial charge in [0, 0.05) is 97.2 Å². The first-order valence-corrected chi connectivity index (χ1v) is 17.5. The fourth-order valence-corrected chi connectivity index (χ4v) is 6.55. The van der Waals surface area contributed by atoms with Crippen molar-refractivity contribution in [3.8, 4) is 16.9 Å². The quantitative estimate of drug-likeness (QED) is 0.135. The zero-order valence-electron chi connectivity index (χ0n) is 28.6. The monoisotopic (exact) mass is 733 g/mol. The predicted molar refractivity (Wildman–Crippen MR) is 193 cm³/mol. The summed E-state index contributed by atoms with van der Waals surface area (Å²) in [6.07, 6.45) is -2.29. The Balaban J connectivity index is 1.23. The number of alkyl halides is 3. The van der Waals surface area contributed by atoms with Crippen LogP contribution < -0.4 is 15.4 Å². The van der Waals surface area contributed by atoms with Crippen molar-refractivity contribution in [3.05, 3.63) is 88.0 Å². The van der Waals surface area contributed by atoms with Gasteiger partial charge in [-0.15, -0.1) is 13.2 Å². The van der Waals surface area contributed by atoms with Crippen LogP contribution in [0.1, 0.15) is 38.3 Å². The summed E-state index contributed by atoms with van der Waals surface area (Å²) in [7, 11) is 0. The highest BCUT2D eigenvalue weighted by atomic mass is 35.5. The van der Waals surface area contributed by atoms with E-state index in [1.54, 1.807) is 12.1 Å². The van der Waals surface area contributed by atoms with Gasteiger partial charge in [-0.3, -0.25) is 9.80 Å². The number of ether oxygens (including phenoxy) is 2. The van der Waals surface area contributed by atoms with Gasteiger partial charge in [-0.25, -0.2) is 4.79 Å². The number of nitrogens with zero attached hydrogens (tertiary/aromatic N) is 3. The van der Waals surface area contributed by atoms with Gasteiger partial charge in [-0.2, -0.15) is 0 Å². The number of aromatic nitrogens is 1. The summed E-state index contributed by atoms with van der Waals surface area (Å²) in [4.78, 5) is 16.6. The fraction of sp³-hybridized carbons (Fsp3) is 0.432. The van der Waals surface area contributed by atoms with Crippen molar-refractivity contribution in [2.45, 2.75) is 58.8 Å². The molecule has 0 aliphatic carbocycles. The molecule has 0 saturated carbocycles. The van der Waals surface area contributed by atoms with E-state index in [1.165, 1.54) is 12.1 Å². The van der Waals surface area contributed by atoms with E-state index in [-0.39, 0.29) is 5.75 Å². The summed E-state index contributed by atoms with van der Waals surface area (Å²) in [5.74, 6) is -0.256. The number of piperazine rings is 1. The van der Waals surface area contributed by atoms with E-state index in [2.05, 4.69) is 54.1 Å². The molecule has 1 aromatic heterocycles. The molecule has 0 atom stereocenters. The van der Waals surface area contributed by atoms with Crippen LogP contribution >= 0.6 is 23.2 Å². The maximum Gasteiger partial charge on any atom is 0.573 e. The van der Waals surface area contributed by atoms with Crippen molar-refractivity contribution >= 4 is 40.2 Å². The number of halogens is 5. The number of carbonyl (C=O) groups excluding carboxylic acids is 1. The Kier molecular flexibility index (Phi) is 12.6. The first-order chi connectivity index (χ1) is 23.7. The molecule has 0 radical (unpaired) electrons. The second-order valence-electron chi connectivity index (χ2n) is 13.4. The number of alkyl carbamates (subject to hydrolysis) is 1. The van der Waals surface area contributed by atoms with Crippen LogP contribution in [-0.2, 0) is 24.4 Å². The molecule has 1 aliphatic heterocycles. The Morgan fingerprint density at radius 3 is 2.16 bits per heavy atom. The second-order valence-corrected chi connectivity index (χ2v) is 14.3. The zero-order chi connectivity index (χ0) is 35.9.